The maximum absolute atomic E-state index is 11.0. The molecule has 0 unspecified atom stereocenters. The van der Waals surface area contributed by atoms with E-state index in [0.29, 0.717) is 40.0 Å². The number of methoxy groups -OCH3 is 1. The van der Waals surface area contributed by atoms with Gasteiger partial charge in [0.05, 0.1) is 23.4 Å². The molecule has 0 spiro atoms. The second kappa shape index (κ2) is 5.33. The normalized spacial score (nSPS) is 14.8. The number of fused-ring (bicyclic) bond motifs is 4. The predicted octanol–water partition coefficient (Wildman–Crippen LogP) is 0.875. The zero-order chi connectivity index (χ0) is 17.8. The molecule has 2 aliphatic heterocycles. The number of aromatic hydroxyl groups is 2. The fourth-order valence-electron chi connectivity index (χ4n) is 3.80. The van der Waals surface area contributed by atoms with E-state index in [0.717, 1.165) is 21.9 Å². The Bertz CT molecular complexity index is 1340. The Kier molecular flexibility index (Phi) is 3.06. The van der Waals surface area contributed by atoms with Crippen molar-refractivity contribution in [1.82, 2.24) is 0 Å². The SMILES string of the molecule is COc1ccc2c(c1)=C1CCN=c3c(O)c4ccccc4c(O)c3=C1N=2. The summed E-state index contributed by atoms with van der Waals surface area (Å²) in [5.41, 5.74) is 1.70. The number of rotatable bonds is 1. The zero-order valence-electron chi connectivity index (χ0n) is 14.2. The van der Waals surface area contributed by atoms with Crippen LogP contribution in [0.3, 0.4) is 0 Å². The maximum Gasteiger partial charge on any atom is 0.149 e. The number of benzene rings is 3. The summed E-state index contributed by atoms with van der Waals surface area (Å²) in [7, 11) is 1.64. The van der Waals surface area contributed by atoms with E-state index in [9.17, 15) is 10.2 Å². The van der Waals surface area contributed by atoms with E-state index in [2.05, 4.69) is 4.99 Å². The first kappa shape index (κ1) is 15.0. The molecule has 3 aromatic carbocycles. The smallest absolute Gasteiger partial charge is 0.149 e. The molecule has 0 fully saturated rings. The van der Waals surface area contributed by atoms with Gasteiger partial charge >= 0.3 is 0 Å². The van der Waals surface area contributed by atoms with Gasteiger partial charge in [-0.3, -0.25) is 4.99 Å². The minimum atomic E-state index is 0.0888. The first-order valence-electron chi connectivity index (χ1n) is 8.47. The van der Waals surface area contributed by atoms with Crippen molar-refractivity contribution in [2.24, 2.45) is 9.98 Å². The first-order valence-corrected chi connectivity index (χ1v) is 8.47. The standard InChI is InChI=1S/C21H16N2O3/c1-26-11-6-7-16-15(10-11)12-8-9-22-19-17(18(12)23-16)20(24)13-4-2-3-5-14(13)21(19)25/h2-7,10,24-25H,8-9H2,1H3. The predicted molar refractivity (Wildman–Crippen MR) is 98.1 cm³/mol. The molecule has 2 N–H and O–H groups in total. The highest BCUT2D eigenvalue weighted by molar-refractivity contribution is 5.97. The molecule has 3 aromatic rings. The summed E-state index contributed by atoms with van der Waals surface area (Å²) >= 11 is 0. The fourth-order valence-corrected chi connectivity index (χ4v) is 3.80. The van der Waals surface area contributed by atoms with Crippen LogP contribution in [0.15, 0.2) is 52.4 Å². The number of hydrogen-bond acceptors (Lipinski definition) is 5. The molecule has 5 nitrogen and oxygen atoms in total. The Hall–Kier alpha value is -3.34. The summed E-state index contributed by atoms with van der Waals surface area (Å²) < 4.78 is 5.34. The van der Waals surface area contributed by atoms with Crippen LogP contribution < -0.4 is 25.9 Å². The van der Waals surface area contributed by atoms with E-state index in [1.165, 1.54) is 0 Å². The van der Waals surface area contributed by atoms with E-state index in [4.69, 9.17) is 9.73 Å². The molecule has 2 aliphatic rings. The molecular weight excluding hydrogens is 328 g/mol. The van der Waals surface area contributed by atoms with Crippen LogP contribution in [0.25, 0.3) is 22.0 Å². The van der Waals surface area contributed by atoms with Crippen molar-refractivity contribution in [2.45, 2.75) is 6.42 Å². The van der Waals surface area contributed by atoms with Crippen molar-refractivity contribution in [1.29, 1.82) is 0 Å². The number of phenols is 2. The molecule has 2 heterocycles. The average Bonchev–Trinajstić information content (AvgIpc) is 2.91. The van der Waals surface area contributed by atoms with Gasteiger partial charge in [-0.15, -0.1) is 0 Å². The molecule has 0 saturated heterocycles. The van der Waals surface area contributed by atoms with E-state index in [1.807, 2.05) is 30.3 Å². The first-order chi connectivity index (χ1) is 12.7. The molecule has 0 aromatic heterocycles. The molecular formula is C21H16N2O3. The van der Waals surface area contributed by atoms with Gasteiger partial charge < -0.3 is 14.9 Å². The highest BCUT2D eigenvalue weighted by Gasteiger charge is 2.21. The second-order valence-corrected chi connectivity index (χ2v) is 6.42. The summed E-state index contributed by atoms with van der Waals surface area (Å²) in [5, 5.41) is 25.7. The van der Waals surface area contributed by atoms with Gasteiger partial charge in [0.25, 0.3) is 0 Å². The van der Waals surface area contributed by atoms with E-state index >= 15 is 0 Å². The Balaban J connectivity index is 2.04. The van der Waals surface area contributed by atoms with Gasteiger partial charge in [0, 0.05) is 22.5 Å². The number of ether oxygens (including phenoxy) is 1. The summed E-state index contributed by atoms with van der Waals surface area (Å²) in [6.07, 6.45) is 0.683. The third kappa shape index (κ3) is 1.91. The van der Waals surface area contributed by atoms with Crippen molar-refractivity contribution < 1.29 is 14.9 Å². The van der Waals surface area contributed by atoms with Gasteiger partial charge in [-0.05, 0) is 30.2 Å². The number of phenolic OH excluding ortho intramolecular Hbond substituents is 2. The fraction of sp³-hybridized carbons (Fsp3) is 0.143. The Morgan fingerprint density at radius 1 is 1.00 bits per heavy atom. The highest BCUT2D eigenvalue weighted by atomic mass is 16.5. The quantitative estimate of drug-likeness (QED) is 0.644. The van der Waals surface area contributed by atoms with Gasteiger partial charge in [-0.2, -0.15) is 0 Å². The van der Waals surface area contributed by atoms with Crippen molar-refractivity contribution in [3.8, 4) is 17.2 Å². The molecule has 5 heteroatoms. The van der Waals surface area contributed by atoms with E-state index in [1.54, 1.807) is 19.2 Å². The Labute approximate surface area is 148 Å². The zero-order valence-corrected chi connectivity index (χ0v) is 14.2. The van der Waals surface area contributed by atoms with Gasteiger partial charge in [0.1, 0.15) is 22.6 Å². The largest absolute Gasteiger partial charge is 0.507 e. The molecule has 128 valence electrons. The third-order valence-electron chi connectivity index (χ3n) is 5.05. The van der Waals surface area contributed by atoms with E-state index < -0.39 is 0 Å². The van der Waals surface area contributed by atoms with Crippen molar-refractivity contribution in [3.05, 3.63) is 63.6 Å². The third-order valence-corrected chi connectivity index (χ3v) is 5.05. The van der Waals surface area contributed by atoms with Crippen LogP contribution in [0.1, 0.15) is 6.42 Å². The van der Waals surface area contributed by atoms with Crippen LogP contribution in [0.4, 0.5) is 0 Å². The van der Waals surface area contributed by atoms with Gasteiger partial charge in [0.2, 0.25) is 0 Å². The molecule has 5 rings (SSSR count). The summed E-state index contributed by atoms with van der Waals surface area (Å²) in [6.45, 7) is 0.517. The van der Waals surface area contributed by atoms with E-state index in [-0.39, 0.29) is 11.5 Å². The van der Waals surface area contributed by atoms with Crippen molar-refractivity contribution >= 4 is 22.0 Å². The Morgan fingerprint density at radius 2 is 1.77 bits per heavy atom. The molecule has 26 heavy (non-hydrogen) atoms. The Morgan fingerprint density at radius 3 is 2.54 bits per heavy atom. The molecule has 0 amide bonds. The van der Waals surface area contributed by atoms with Gasteiger partial charge in [-0.25, -0.2) is 4.99 Å². The summed E-state index contributed by atoms with van der Waals surface area (Å²) in [4.78, 5) is 9.30. The van der Waals surface area contributed by atoms with Crippen LogP contribution in [0, 0.1) is 0 Å². The summed E-state index contributed by atoms with van der Waals surface area (Å²) in [5.74, 6) is 0.959. The van der Waals surface area contributed by atoms with Crippen LogP contribution >= 0.6 is 0 Å². The van der Waals surface area contributed by atoms with Crippen molar-refractivity contribution in [2.75, 3.05) is 13.7 Å². The van der Waals surface area contributed by atoms with Crippen LogP contribution in [0.2, 0.25) is 0 Å². The van der Waals surface area contributed by atoms with Gasteiger partial charge in [-0.1, -0.05) is 24.3 Å². The molecule has 0 aliphatic carbocycles. The molecule has 0 bridgehead atoms. The monoisotopic (exact) mass is 344 g/mol. The highest BCUT2D eigenvalue weighted by Crippen LogP contribution is 2.29. The lowest BCUT2D eigenvalue weighted by Gasteiger charge is -2.07. The molecule has 0 saturated carbocycles. The lowest BCUT2D eigenvalue weighted by Crippen LogP contribution is -2.27. The minimum Gasteiger partial charge on any atom is -0.507 e. The molecule has 0 radical (unpaired) electrons. The molecule has 0 atom stereocenters. The number of hydrogen-bond donors (Lipinski definition) is 2. The van der Waals surface area contributed by atoms with Gasteiger partial charge in [0.15, 0.2) is 0 Å². The van der Waals surface area contributed by atoms with Crippen molar-refractivity contribution in [3.63, 3.8) is 0 Å². The summed E-state index contributed by atoms with van der Waals surface area (Å²) in [6, 6.07) is 13.0. The van der Waals surface area contributed by atoms with Crippen LogP contribution in [-0.4, -0.2) is 23.9 Å². The lowest BCUT2D eigenvalue weighted by molar-refractivity contribution is 0.414. The van der Waals surface area contributed by atoms with Crippen LogP contribution in [-0.2, 0) is 0 Å². The lowest BCUT2D eigenvalue weighted by atomic mass is 10.0. The number of nitrogens with zero attached hydrogens (tertiary/aromatic N) is 2. The average molecular weight is 344 g/mol. The maximum atomic E-state index is 11.0. The second-order valence-electron chi connectivity index (χ2n) is 6.42. The minimum absolute atomic E-state index is 0.0888. The van der Waals surface area contributed by atoms with Crippen LogP contribution in [0.5, 0.6) is 17.2 Å². The topological polar surface area (TPSA) is 74.4 Å².